The second-order valence-corrected chi connectivity index (χ2v) is 8.11. The van der Waals surface area contributed by atoms with Crippen molar-refractivity contribution < 1.29 is 4.79 Å². The molecule has 2 aromatic rings. The van der Waals surface area contributed by atoms with Crippen LogP contribution in [0.3, 0.4) is 0 Å². The predicted octanol–water partition coefficient (Wildman–Crippen LogP) is 2.47. The zero-order valence-electron chi connectivity index (χ0n) is 16.3. The molecule has 0 atom stereocenters. The Bertz CT molecular complexity index is 849. The van der Waals surface area contributed by atoms with Gasteiger partial charge in [0, 0.05) is 50.0 Å². The number of anilines is 1. The molecule has 28 heavy (non-hydrogen) atoms. The maximum absolute atomic E-state index is 11.9. The lowest BCUT2D eigenvalue weighted by Gasteiger charge is -2.41. The van der Waals surface area contributed by atoms with E-state index in [-0.39, 0.29) is 5.91 Å². The average molecular weight is 377 g/mol. The van der Waals surface area contributed by atoms with Crippen molar-refractivity contribution in [2.75, 3.05) is 44.2 Å². The normalized spacial score (nSPS) is 20.9. The Hall–Kier alpha value is -2.37. The van der Waals surface area contributed by atoms with Crippen LogP contribution in [0.15, 0.2) is 42.5 Å². The zero-order chi connectivity index (χ0) is 18.9. The van der Waals surface area contributed by atoms with E-state index >= 15 is 0 Å². The molecular weight excluding hydrogens is 348 g/mol. The number of amides is 1. The molecule has 2 saturated heterocycles. The molecule has 0 bridgehead atoms. The van der Waals surface area contributed by atoms with Crippen molar-refractivity contribution >= 4 is 11.6 Å². The van der Waals surface area contributed by atoms with Gasteiger partial charge in [0.15, 0.2) is 0 Å². The van der Waals surface area contributed by atoms with E-state index in [9.17, 15) is 4.79 Å². The number of benzene rings is 2. The van der Waals surface area contributed by atoms with E-state index in [1.807, 2.05) is 6.07 Å². The summed E-state index contributed by atoms with van der Waals surface area (Å²) in [5.41, 5.74) is 5.48. The summed E-state index contributed by atoms with van der Waals surface area (Å²) >= 11 is 0. The Morgan fingerprint density at radius 1 is 0.857 bits per heavy atom. The van der Waals surface area contributed by atoms with Crippen LogP contribution in [0.1, 0.15) is 28.8 Å². The van der Waals surface area contributed by atoms with Gasteiger partial charge in [-0.25, -0.2) is 0 Å². The smallest absolute Gasteiger partial charge is 0.251 e. The number of rotatable bonds is 3. The van der Waals surface area contributed by atoms with Gasteiger partial charge in [0.25, 0.3) is 5.91 Å². The molecule has 0 aliphatic carbocycles. The van der Waals surface area contributed by atoms with E-state index in [1.165, 1.54) is 24.1 Å². The van der Waals surface area contributed by atoms with E-state index in [1.54, 1.807) is 0 Å². The Morgan fingerprint density at radius 2 is 1.57 bits per heavy atom. The Kier molecular flexibility index (Phi) is 4.79. The van der Waals surface area contributed by atoms with Crippen molar-refractivity contribution in [2.45, 2.75) is 25.4 Å². The third-order valence-corrected chi connectivity index (χ3v) is 6.50. The Labute approximate surface area is 166 Å². The highest BCUT2D eigenvalue weighted by Gasteiger charge is 2.25. The molecule has 2 N–H and O–H groups in total. The minimum absolute atomic E-state index is 0.0417. The summed E-state index contributed by atoms with van der Waals surface area (Å²) < 4.78 is 0. The molecule has 1 amide bonds. The van der Waals surface area contributed by atoms with E-state index in [2.05, 4.69) is 56.8 Å². The van der Waals surface area contributed by atoms with E-state index < -0.39 is 0 Å². The maximum atomic E-state index is 11.9. The van der Waals surface area contributed by atoms with Crippen molar-refractivity contribution in [2.24, 2.45) is 0 Å². The number of nitrogens with one attached hydrogen (secondary N) is 2. The molecule has 0 radical (unpaired) electrons. The van der Waals surface area contributed by atoms with E-state index in [0.29, 0.717) is 6.54 Å². The number of carbonyl (C=O) groups excluding carboxylic acids is 1. The number of fused-ring (bicyclic) bond motifs is 1. The molecule has 5 rings (SSSR count). The second kappa shape index (κ2) is 7.57. The van der Waals surface area contributed by atoms with Crippen molar-refractivity contribution in [1.82, 2.24) is 15.5 Å². The van der Waals surface area contributed by atoms with Gasteiger partial charge < -0.3 is 15.5 Å². The first kappa shape index (κ1) is 17.7. The molecule has 5 heteroatoms. The number of piperazine rings is 1. The van der Waals surface area contributed by atoms with E-state index in [0.717, 1.165) is 62.0 Å². The molecule has 2 aromatic carbocycles. The molecular formula is C23H28N4O. The molecule has 0 spiro atoms. The van der Waals surface area contributed by atoms with Gasteiger partial charge >= 0.3 is 0 Å². The molecule has 2 fully saturated rings. The molecule has 3 heterocycles. The Morgan fingerprint density at radius 3 is 2.32 bits per heavy atom. The van der Waals surface area contributed by atoms with Gasteiger partial charge in [-0.2, -0.15) is 0 Å². The minimum atomic E-state index is 0.0417. The first-order chi connectivity index (χ1) is 13.8. The monoisotopic (exact) mass is 376 g/mol. The van der Waals surface area contributed by atoms with Gasteiger partial charge in [-0.05, 0) is 60.8 Å². The number of piperidine rings is 1. The zero-order valence-corrected chi connectivity index (χ0v) is 16.3. The third kappa shape index (κ3) is 3.40. The van der Waals surface area contributed by atoms with Gasteiger partial charge in [-0.15, -0.1) is 0 Å². The first-order valence-corrected chi connectivity index (χ1v) is 10.5. The van der Waals surface area contributed by atoms with Crippen LogP contribution in [0.5, 0.6) is 0 Å². The van der Waals surface area contributed by atoms with Crippen LogP contribution in [-0.4, -0.2) is 56.1 Å². The fourth-order valence-electron chi connectivity index (χ4n) is 4.77. The summed E-state index contributed by atoms with van der Waals surface area (Å²) in [7, 11) is 0. The lowest BCUT2D eigenvalue weighted by molar-refractivity contribution is 0.0966. The van der Waals surface area contributed by atoms with Crippen LogP contribution in [-0.2, 0) is 6.54 Å². The van der Waals surface area contributed by atoms with Crippen LogP contribution < -0.4 is 15.5 Å². The fraction of sp³-hybridized carbons (Fsp3) is 0.435. The van der Waals surface area contributed by atoms with Gasteiger partial charge in [0.2, 0.25) is 0 Å². The molecule has 5 nitrogen and oxygen atoms in total. The minimum Gasteiger partial charge on any atom is -0.369 e. The summed E-state index contributed by atoms with van der Waals surface area (Å²) in [5.74, 6) is 0.0417. The molecule has 0 aromatic heterocycles. The Balaban J connectivity index is 1.25. The van der Waals surface area contributed by atoms with Gasteiger partial charge in [-0.1, -0.05) is 24.3 Å². The van der Waals surface area contributed by atoms with Gasteiger partial charge in [0.1, 0.15) is 0 Å². The van der Waals surface area contributed by atoms with E-state index in [4.69, 9.17) is 0 Å². The topological polar surface area (TPSA) is 47.6 Å². The predicted molar refractivity (Wildman–Crippen MR) is 113 cm³/mol. The fourth-order valence-corrected chi connectivity index (χ4v) is 4.77. The summed E-state index contributed by atoms with van der Waals surface area (Å²) in [5, 5.41) is 6.35. The molecule has 3 aliphatic rings. The highest BCUT2D eigenvalue weighted by Crippen LogP contribution is 2.27. The number of hydrogen-bond donors (Lipinski definition) is 2. The molecule has 0 unspecified atom stereocenters. The average Bonchev–Trinajstić information content (AvgIpc) is 3.15. The van der Waals surface area contributed by atoms with Crippen LogP contribution in [0.2, 0.25) is 0 Å². The van der Waals surface area contributed by atoms with Crippen molar-refractivity contribution in [3.63, 3.8) is 0 Å². The number of hydrogen-bond acceptors (Lipinski definition) is 4. The summed E-state index contributed by atoms with van der Waals surface area (Å²) in [6.07, 6.45) is 2.57. The SMILES string of the molecule is O=C1NCc2ccc(-c3ccc(N4CCN(C5CCNCC5)CC4)cc3)cc21. The number of nitrogens with zero attached hydrogens (tertiary/aromatic N) is 2. The van der Waals surface area contributed by atoms with Crippen molar-refractivity contribution in [3.05, 3.63) is 53.6 Å². The van der Waals surface area contributed by atoms with Crippen LogP contribution in [0, 0.1) is 0 Å². The third-order valence-electron chi connectivity index (χ3n) is 6.50. The van der Waals surface area contributed by atoms with Crippen LogP contribution in [0.4, 0.5) is 5.69 Å². The standard InChI is InChI=1S/C23H28N4O/c28-23-22-15-18(1-2-19(22)16-25-23)17-3-5-20(6-4-17)26-11-13-27(14-12-26)21-7-9-24-10-8-21/h1-6,15,21,24H,7-14,16H2,(H,25,28). The summed E-state index contributed by atoms with van der Waals surface area (Å²) in [6.45, 7) is 7.49. The first-order valence-electron chi connectivity index (χ1n) is 10.5. The summed E-state index contributed by atoms with van der Waals surface area (Å²) in [4.78, 5) is 17.1. The highest BCUT2D eigenvalue weighted by molar-refractivity contribution is 5.99. The molecule has 3 aliphatic heterocycles. The number of carbonyl (C=O) groups is 1. The lowest BCUT2D eigenvalue weighted by atomic mass is 10.00. The molecule has 146 valence electrons. The second-order valence-electron chi connectivity index (χ2n) is 8.11. The summed E-state index contributed by atoms with van der Waals surface area (Å²) in [6, 6.07) is 15.8. The van der Waals surface area contributed by atoms with Crippen molar-refractivity contribution in [3.8, 4) is 11.1 Å². The van der Waals surface area contributed by atoms with Crippen LogP contribution in [0.25, 0.3) is 11.1 Å². The lowest BCUT2D eigenvalue weighted by Crippen LogP contribution is -2.52. The largest absolute Gasteiger partial charge is 0.369 e. The quantitative estimate of drug-likeness (QED) is 0.864. The van der Waals surface area contributed by atoms with Gasteiger partial charge in [0.05, 0.1) is 0 Å². The van der Waals surface area contributed by atoms with Gasteiger partial charge in [-0.3, -0.25) is 9.69 Å². The highest BCUT2D eigenvalue weighted by atomic mass is 16.1. The maximum Gasteiger partial charge on any atom is 0.251 e. The van der Waals surface area contributed by atoms with Crippen molar-refractivity contribution in [1.29, 1.82) is 0 Å². The molecule has 0 saturated carbocycles. The van der Waals surface area contributed by atoms with Crippen LogP contribution >= 0.6 is 0 Å².